The number of hydrogen-bond acceptors (Lipinski definition) is 7. The molecule has 0 amide bonds. The number of phenolic OH excluding ortho intramolecular Hbond substituents is 1. The lowest BCUT2D eigenvalue weighted by Crippen LogP contribution is -2.60. The Hall–Kier alpha value is -3.83. The SMILES string of the molecule is CCc1c(F)ccc2cc(O)cc(C3=C(F)C=C(OC[C@@]45CCCN4C[C@H](F)C5)N4C5=NCN6N[C@H]7CCC6=C5[C@H]7CCCC4=C3F)c12. The smallest absolute Gasteiger partial charge is 0.202 e. The first-order chi connectivity index (χ1) is 23.3. The monoisotopic (exact) mass is 661 g/mol. The molecule has 7 nitrogen and oxygen atoms in total. The summed E-state index contributed by atoms with van der Waals surface area (Å²) in [6, 6.07) is 5.88. The van der Waals surface area contributed by atoms with Crippen molar-refractivity contribution in [3.8, 4) is 5.75 Å². The number of ether oxygens (including phenoxy) is 1. The van der Waals surface area contributed by atoms with Crippen LogP contribution in [0.15, 0.2) is 69.8 Å². The van der Waals surface area contributed by atoms with Gasteiger partial charge in [0.15, 0.2) is 5.83 Å². The van der Waals surface area contributed by atoms with Gasteiger partial charge in [0.2, 0.25) is 5.88 Å². The number of aromatic hydroxyl groups is 1. The molecule has 0 spiro atoms. The number of nitrogens with one attached hydrogen (secondary N) is 1. The minimum atomic E-state index is -0.964. The van der Waals surface area contributed by atoms with E-state index in [0.717, 1.165) is 49.9 Å². The topological polar surface area (TPSA) is 63.6 Å². The second-order valence-electron chi connectivity index (χ2n) is 14.3. The number of alkyl halides is 1. The predicted octanol–water partition coefficient (Wildman–Crippen LogP) is 7.27. The van der Waals surface area contributed by atoms with Crippen molar-refractivity contribution in [2.45, 2.75) is 82.5 Å². The molecule has 7 heterocycles. The molecule has 2 N–H and O–H groups in total. The zero-order valence-corrected chi connectivity index (χ0v) is 27.0. The van der Waals surface area contributed by atoms with Crippen LogP contribution in [0.3, 0.4) is 0 Å². The van der Waals surface area contributed by atoms with Crippen LogP contribution in [0, 0.1) is 11.7 Å². The molecule has 11 heteroatoms. The Kier molecular flexibility index (Phi) is 6.99. The summed E-state index contributed by atoms with van der Waals surface area (Å²) in [5.41, 5.74) is 5.54. The first kappa shape index (κ1) is 30.2. The maximum absolute atomic E-state index is 17.5. The number of rotatable bonds is 5. The molecule has 8 aliphatic rings. The van der Waals surface area contributed by atoms with E-state index in [1.165, 1.54) is 30.3 Å². The lowest BCUT2D eigenvalue weighted by atomic mass is 9.74. The Bertz CT molecular complexity index is 1900. The second kappa shape index (κ2) is 11.1. The molecule has 4 atom stereocenters. The van der Waals surface area contributed by atoms with Crippen LogP contribution in [0.1, 0.15) is 69.4 Å². The third-order valence-electron chi connectivity index (χ3n) is 11.7. The average molecular weight is 662 g/mol. The Morgan fingerprint density at radius 1 is 1.10 bits per heavy atom. The fraction of sp³-hybridized carbons (Fsp3) is 0.486. The molecule has 10 rings (SSSR count). The van der Waals surface area contributed by atoms with Gasteiger partial charge >= 0.3 is 0 Å². The number of allylic oxidation sites excluding steroid dienone is 6. The largest absolute Gasteiger partial charge is 0.508 e. The van der Waals surface area contributed by atoms with E-state index < -0.39 is 29.2 Å². The molecule has 0 saturated carbocycles. The summed E-state index contributed by atoms with van der Waals surface area (Å²) >= 11 is 0. The van der Waals surface area contributed by atoms with E-state index in [1.54, 1.807) is 11.8 Å². The highest BCUT2D eigenvalue weighted by molar-refractivity contribution is 6.05. The van der Waals surface area contributed by atoms with Gasteiger partial charge in [-0.05, 0) is 98.0 Å². The summed E-state index contributed by atoms with van der Waals surface area (Å²) in [7, 11) is 0. The van der Waals surface area contributed by atoms with E-state index in [-0.39, 0.29) is 53.5 Å². The number of fused-ring (bicyclic) bond motifs is 5. The number of phenols is 1. The number of amidine groups is 1. The van der Waals surface area contributed by atoms with E-state index in [0.29, 0.717) is 54.6 Å². The van der Waals surface area contributed by atoms with Crippen LogP contribution in [0.5, 0.6) is 5.75 Å². The number of benzene rings is 2. The Morgan fingerprint density at radius 3 is 2.83 bits per heavy atom. The number of aliphatic imine (C=N–C) groups is 1. The number of nitrogens with zero attached hydrogens (tertiary/aromatic N) is 4. The molecule has 4 bridgehead atoms. The lowest BCUT2D eigenvalue weighted by molar-refractivity contribution is 0.0498. The summed E-state index contributed by atoms with van der Waals surface area (Å²) in [5.74, 6) is -1.49. The zero-order chi connectivity index (χ0) is 32.9. The number of halogens is 4. The van der Waals surface area contributed by atoms with Gasteiger partial charge in [-0.15, -0.1) is 0 Å². The molecular weight excluding hydrogens is 622 g/mol. The number of hydrazine groups is 1. The van der Waals surface area contributed by atoms with Crippen molar-refractivity contribution in [2.75, 3.05) is 26.4 Å². The van der Waals surface area contributed by atoms with E-state index >= 15 is 13.2 Å². The van der Waals surface area contributed by atoms with Crippen molar-refractivity contribution in [3.63, 3.8) is 0 Å². The normalized spacial score (nSPS) is 30.0. The number of hydrogen-bond donors (Lipinski definition) is 2. The fourth-order valence-corrected chi connectivity index (χ4v) is 9.66. The van der Waals surface area contributed by atoms with Gasteiger partial charge in [0.05, 0.1) is 16.8 Å². The minimum absolute atomic E-state index is 0.0811. The van der Waals surface area contributed by atoms with Crippen LogP contribution in [-0.2, 0) is 11.2 Å². The maximum Gasteiger partial charge on any atom is 0.202 e. The van der Waals surface area contributed by atoms with Crippen LogP contribution >= 0.6 is 0 Å². The third kappa shape index (κ3) is 4.42. The molecule has 2 aromatic rings. The summed E-state index contributed by atoms with van der Waals surface area (Å²) in [6.07, 6.45) is 6.19. The van der Waals surface area contributed by atoms with Gasteiger partial charge < -0.3 is 9.84 Å². The predicted molar refractivity (Wildman–Crippen MR) is 175 cm³/mol. The average Bonchev–Trinajstić information content (AvgIpc) is 3.55. The molecule has 48 heavy (non-hydrogen) atoms. The third-order valence-corrected chi connectivity index (χ3v) is 11.7. The summed E-state index contributed by atoms with van der Waals surface area (Å²) in [6.45, 7) is 3.38. The fourth-order valence-electron chi connectivity index (χ4n) is 9.66. The summed E-state index contributed by atoms with van der Waals surface area (Å²) < 4.78 is 71.1. The molecule has 0 radical (unpaired) electrons. The molecule has 7 aliphatic heterocycles. The first-order valence-electron chi connectivity index (χ1n) is 17.3. The van der Waals surface area contributed by atoms with Gasteiger partial charge in [-0.25, -0.2) is 28.0 Å². The molecule has 0 aromatic heterocycles. The van der Waals surface area contributed by atoms with Crippen molar-refractivity contribution in [1.29, 1.82) is 0 Å². The van der Waals surface area contributed by atoms with Crippen molar-refractivity contribution < 1.29 is 27.4 Å². The quantitative estimate of drug-likeness (QED) is 0.329. The lowest BCUT2D eigenvalue weighted by Gasteiger charge is -2.52. The molecule has 4 saturated heterocycles. The molecule has 252 valence electrons. The van der Waals surface area contributed by atoms with Gasteiger partial charge in [-0.2, -0.15) is 0 Å². The summed E-state index contributed by atoms with van der Waals surface area (Å²) in [5, 5.41) is 13.7. The highest BCUT2D eigenvalue weighted by Crippen LogP contribution is 2.50. The van der Waals surface area contributed by atoms with Crippen molar-refractivity contribution in [2.24, 2.45) is 10.9 Å². The van der Waals surface area contributed by atoms with E-state index in [4.69, 9.17) is 9.73 Å². The van der Waals surface area contributed by atoms with Crippen LogP contribution in [0.4, 0.5) is 17.6 Å². The summed E-state index contributed by atoms with van der Waals surface area (Å²) in [4.78, 5) is 8.79. The van der Waals surface area contributed by atoms with E-state index in [9.17, 15) is 9.50 Å². The van der Waals surface area contributed by atoms with Crippen LogP contribution < -0.4 is 5.43 Å². The van der Waals surface area contributed by atoms with Gasteiger partial charge in [0.25, 0.3) is 0 Å². The standard InChI is InChI=1S/C37H39F4N5O2/c1-2-23-26(39)8-7-20-13-22(47)14-25(32(20)23)33-27(40)15-31(48-18-37-11-4-12-44(37)17-21(38)16-37)46-30(35(33)41)6-3-5-24-28-9-10-29-34(24)36(46)42-19-45(29)43-28/h7-8,13-15,21,24,28,43,47H,2-6,9-12,16-19H2,1H3/t21-,24+,28+,37+/m1/s1. The minimum Gasteiger partial charge on any atom is -0.508 e. The van der Waals surface area contributed by atoms with Gasteiger partial charge in [-0.3, -0.25) is 14.8 Å². The van der Waals surface area contributed by atoms with E-state index in [1.807, 2.05) is 0 Å². The van der Waals surface area contributed by atoms with Gasteiger partial charge in [-0.1, -0.05) is 13.0 Å². The molecular formula is C37H39F4N5O2. The second-order valence-corrected chi connectivity index (χ2v) is 14.3. The van der Waals surface area contributed by atoms with Crippen LogP contribution in [-0.4, -0.2) is 69.9 Å². The highest BCUT2D eigenvalue weighted by Gasteiger charge is 2.51. The number of aryl methyl sites for hydroxylation is 1. The molecule has 4 fully saturated rings. The van der Waals surface area contributed by atoms with E-state index in [2.05, 4.69) is 15.3 Å². The molecule has 0 unspecified atom stereocenters. The maximum atomic E-state index is 17.5. The molecule has 2 aromatic carbocycles. The molecule has 1 aliphatic carbocycles. The van der Waals surface area contributed by atoms with Crippen LogP contribution in [0.2, 0.25) is 0 Å². The highest BCUT2D eigenvalue weighted by atomic mass is 19.1. The van der Waals surface area contributed by atoms with Gasteiger partial charge in [0, 0.05) is 42.3 Å². The van der Waals surface area contributed by atoms with Crippen molar-refractivity contribution in [3.05, 3.63) is 81.8 Å². The Balaban J connectivity index is 1.25. The Morgan fingerprint density at radius 2 is 1.98 bits per heavy atom. The Labute approximate surface area is 276 Å². The van der Waals surface area contributed by atoms with Crippen LogP contribution in [0.25, 0.3) is 16.3 Å². The van der Waals surface area contributed by atoms with Crippen molar-refractivity contribution in [1.82, 2.24) is 20.2 Å². The van der Waals surface area contributed by atoms with Gasteiger partial charge in [0.1, 0.15) is 42.7 Å². The zero-order valence-electron chi connectivity index (χ0n) is 27.0. The first-order valence-corrected chi connectivity index (χ1v) is 17.3. The van der Waals surface area contributed by atoms with Crippen molar-refractivity contribution >= 4 is 22.2 Å².